The number of aromatic nitrogens is 1. The predicted molar refractivity (Wildman–Crippen MR) is 173 cm³/mol. The quantitative estimate of drug-likeness (QED) is 0.244. The molecule has 0 unspecified atom stereocenters. The second-order valence-corrected chi connectivity index (χ2v) is 13.5. The van der Waals surface area contributed by atoms with Gasteiger partial charge in [-0.1, -0.05) is 51.1 Å². The lowest BCUT2D eigenvalue weighted by molar-refractivity contribution is -0.120. The maximum atomic E-state index is 13.7. The summed E-state index contributed by atoms with van der Waals surface area (Å²) in [6.45, 7) is 12.6. The third-order valence-electron chi connectivity index (χ3n) is 7.45. The van der Waals surface area contributed by atoms with Crippen LogP contribution in [0.4, 0.5) is 16.3 Å². The molecule has 5 rings (SSSR count). The van der Waals surface area contributed by atoms with E-state index in [1.807, 2.05) is 77.9 Å². The van der Waals surface area contributed by atoms with E-state index in [0.29, 0.717) is 30.7 Å². The number of carboxylic acid groups (broad SMARTS) is 1. The molecule has 0 spiro atoms. The van der Waals surface area contributed by atoms with Gasteiger partial charge in [0.1, 0.15) is 11.4 Å². The van der Waals surface area contributed by atoms with Crippen molar-refractivity contribution in [2.45, 2.75) is 66.5 Å². The number of carbonyl (C=O) groups is 3. The van der Waals surface area contributed by atoms with Crippen molar-refractivity contribution in [1.82, 2.24) is 4.98 Å². The van der Waals surface area contributed by atoms with Crippen LogP contribution < -0.4 is 9.80 Å². The summed E-state index contributed by atoms with van der Waals surface area (Å²) in [5.41, 5.74) is 4.40. The molecule has 1 aromatic heterocycles. The van der Waals surface area contributed by atoms with Crippen molar-refractivity contribution >= 4 is 40.2 Å². The zero-order valence-electron chi connectivity index (χ0n) is 26.2. The Balaban J connectivity index is 1.41. The maximum Gasteiger partial charge on any atom is 0.414 e. The van der Waals surface area contributed by atoms with Crippen molar-refractivity contribution in [2.24, 2.45) is 5.41 Å². The van der Waals surface area contributed by atoms with E-state index >= 15 is 0 Å². The van der Waals surface area contributed by atoms with Gasteiger partial charge in [-0.25, -0.2) is 14.6 Å². The first kappa shape index (κ1) is 30.7. The molecular weight excluding hydrogens is 554 g/mol. The number of fused-ring (bicyclic) bond motifs is 2. The standard InChI is InChI=1S/C36H39N3O5/c1-35(2,3)21-31(40)39(32-29-13-11-28(33(41)42)20-26(29)15-17-37-32)22-23-7-9-24(10-8-23)25-12-14-30-27(19-25)16-18-38(30)34(43)44-36(4,5)6/h7-15,17,19-20H,16,18,21-22H2,1-6H3,(H,41,42). The van der Waals surface area contributed by atoms with Crippen molar-refractivity contribution in [3.63, 3.8) is 0 Å². The molecule has 0 aliphatic carbocycles. The molecule has 3 aromatic carbocycles. The second kappa shape index (κ2) is 11.8. The first-order valence-electron chi connectivity index (χ1n) is 14.8. The lowest BCUT2D eigenvalue weighted by Crippen LogP contribution is -2.35. The average Bonchev–Trinajstić information content (AvgIpc) is 3.37. The fourth-order valence-electron chi connectivity index (χ4n) is 5.41. The molecule has 0 bridgehead atoms. The molecule has 44 heavy (non-hydrogen) atoms. The summed E-state index contributed by atoms with van der Waals surface area (Å²) < 4.78 is 5.58. The Morgan fingerprint density at radius 2 is 1.61 bits per heavy atom. The highest BCUT2D eigenvalue weighted by Gasteiger charge is 2.29. The SMILES string of the molecule is CC(C)(C)CC(=O)N(Cc1ccc(-c2ccc3c(c2)CCN3C(=O)OC(C)(C)C)cc1)c1nccc2cc(C(=O)O)ccc12. The number of rotatable bonds is 6. The van der Waals surface area contributed by atoms with Crippen LogP contribution in [0, 0.1) is 5.41 Å². The van der Waals surface area contributed by atoms with E-state index in [1.165, 1.54) is 0 Å². The molecule has 2 amide bonds. The number of hydrogen-bond acceptors (Lipinski definition) is 5. The molecule has 2 heterocycles. The molecule has 8 nitrogen and oxygen atoms in total. The molecule has 0 radical (unpaired) electrons. The van der Waals surface area contributed by atoms with E-state index < -0.39 is 11.6 Å². The van der Waals surface area contributed by atoms with Crippen LogP contribution in [-0.2, 0) is 22.5 Å². The molecule has 0 saturated heterocycles. The summed E-state index contributed by atoms with van der Waals surface area (Å²) in [4.78, 5) is 45.9. The summed E-state index contributed by atoms with van der Waals surface area (Å²) in [6, 6.07) is 20.9. The molecule has 0 fully saturated rings. The molecule has 1 aliphatic heterocycles. The van der Waals surface area contributed by atoms with E-state index in [4.69, 9.17) is 4.74 Å². The van der Waals surface area contributed by atoms with Crippen molar-refractivity contribution in [3.05, 3.63) is 89.6 Å². The number of pyridine rings is 1. The molecular formula is C36H39N3O5. The van der Waals surface area contributed by atoms with E-state index in [-0.39, 0.29) is 23.0 Å². The third kappa shape index (κ3) is 6.91. The number of aromatic carboxylic acids is 1. The zero-order chi connectivity index (χ0) is 31.8. The minimum Gasteiger partial charge on any atom is -0.478 e. The number of benzene rings is 3. The van der Waals surface area contributed by atoms with E-state index in [0.717, 1.165) is 39.7 Å². The molecule has 228 valence electrons. The van der Waals surface area contributed by atoms with Gasteiger partial charge >= 0.3 is 12.1 Å². The van der Waals surface area contributed by atoms with Gasteiger partial charge in [0, 0.05) is 24.5 Å². The van der Waals surface area contributed by atoms with Crippen molar-refractivity contribution in [2.75, 3.05) is 16.3 Å². The van der Waals surface area contributed by atoms with Crippen LogP contribution in [0.1, 0.15) is 69.4 Å². The fraction of sp³-hybridized carbons (Fsp3) is 0.333. The zero-order valence-corrected chi connectivity index (χ0v) is 26.2. The van der Waals surface area contributed by atoms with Crippen molar-refractivity contribution in [3.8, 4) is 11.1 Å². The summed E-state index contributed by atoms with van der Waals surface area (Å²) in [5.74, 6) is -0.558. The number of anilines is 2. The Kier molecular flexibility index (Phi) is 8.21. The van der Waals surface area contributed by atoms with Crippen LogP contribution in [0.3, 0.4) is 0 Å². The summed E-state index contributed by atoms with van der Waals surface area (Å²) >= 11 is 0. The number of nitrogens with zero attached hydrogens (tertiary/aromatic N) is 3. The minimum absolute atomic E-state index is 0.0583. The molecule has 8 heteroatoms. The highest BCUT2D eigenvalue weighted by Crippen LogP contribution is 2.34. The van der Waals surface area contributed by atoms with Crippen LogP contribution in [0.25, 0.3) is 21.9 Å². The van der Waals surface area contributed by atoms with Gasteiger partial charge in [0.15, 0.2) is 0 Å². The maximum absolute atomic E-state index is 13.7. The van der Waals surface area contributed by atoms with Gasteiger partial charge in [-0.15, -0.1) is 0 Å². The van der Waals surface area contributed by atoms with Crippen LogP contribution in [0.5, 0.6) is 0 Å². The second-order valence-electron chi connectivity index (χ2n) is 13.5. The van der Waals surface area contributed by atoms with Gasteiger partial charge in [-0.2, -0.15) is 0 Å². The van der Waals surface area contributed by atoms with Gasteiger partial charge in [0.05, 0.1) is 17.8 Å². The van der Waals surface area contributed by atoms with Crippen molar-refractivity contribution in [1.29, 1.82) is 0 Å². The largest absolute Gasteiger partial charge is 0.478 e. The van der Waals surface area contributed by atoms with Gasteiger partial charge in [0.25, 0.3) is 0 Å². The Bertz CT molecular complexity index is 1730. The average molecular weight is 594 g/mol. The van der Waals surface area contributed by atoms with Gasteiger partial charge in [-0.05, 0) is 96.6 Å². The van der Waals surface area contributed by atoms with Crippen LogP contribution in [-0.4, -0.2) is 40.2 Å². The number of ether oxygens (including phenoxy) is 1. The Morgan fingerprint density at radius 1 is 0.909 bits per heavy atom. The topological polar surface area (TPSA) is 100 Å². The van der Waals surface area contributed by atoms with Crippen LogP contribution in [0.15, 0.2) is 72.9 Å². The first-order valence-corrected chi connectivity index (χ1v) is 14.8. The molecule has 0 saturated carbocycles. The van der Waals surface area contributed by atoms with E-state index in [1.54, 1.807) is 40.3 Å². The van der Waals surface area contributed by atoms with Gasteiger partial charge < -0.3 is 9.84 Å². The summed E-state index contributed by atoms with van der Waals surface area (Å²) in [7, 11) is 0. The first-order chi connectivity index (χ1) is 20.7. The summed E-state index contributed by atoms with van der Waals surface area (Å²) in [6.07, 6.45) is 2.37. The Hall–Kier alpha value is -4.72. The Labute approximate surface area is 258 Å². The predicted octanol–water partition coefficient (Wildman–Crippen LogP) is 7.87. The highest BCUT2D eigenvalue weighted by atomic mass is 16.6. The van der Waals surface area contributed by atoms with E-state index in [9.17, 15) is 19.5 Å². The van der Waals surface area contributed by atoms with Gasteiger partial charge in [-0.3, -0.25) is 14.6 Å². The fourth-order valence-corrected chi connectivity index (χ4v) is 5.41. The van der Waals surface area contributed by atoms with Crippen LogP contribution >= 0.6 is 0 Å². The molecule has 4 aromatic rings. The minimum atomic E-state index is -1.00. The normalized spacial score (nSPS) is 13.1. The number of carbonyl (C=O) groups excluding carboxylic acids is 2. The van der Waals surface area contributed by atoms with Gasteiger partial charge in [0.2, 0.25) is 5.91 Å². The van der Waals surface area contributed by atoms with Crippen molar-refractivity contribution < 1.29 is 24.2 Å². The Morgan fingerprint density at radius 3 is 2.27 bits per heavy atom. The molecule has 1 aliphatic rings. The van der Waals surface area contributed by atoms with E-state index in [2.05, 4.69) is 11.1 Å². The number of carboxylic acids is 1. The molecule has 0 atom stereocenters. The summed E-state index contributed by atoms with van der Waals surface area (Å²) in [5, 5.41) is 10.9. The molecule has 1 N–H and O–H groups in total. The highest BCUT2D eigenvalue weighted by molar-refractivity contribution is 6.04. The number of hydrogen-bond donors (Lipinski definition) is 1. The third-order valence-corrected chi connectivity index (χ3v) is 7.45. The monoisotopic (exact) mass is 593 g/mol. The lowest BCUT2D eigenvalue weighted by Gasteiger charge is -2.27. The lowest BCUT2D eigenvalue weighted by atomic mass is 9.91. The smallest absolute Gasteiger partial charge is 0.414 e. The van der Waals surface area contributed by atoms with Crippen LogP contribution in [0.2, 0.25) is 0 Å². The number of amides is 2.